The molecule has 1 saturated heterocycles. The first kappa shape index (κ1) is 28.6. The summed E-state index contributed by atoms with van der Waals surface area (Å²) in [6, 6.07) is 11.9. The summed E-state index contributed by atoms with van der Waals surface area (Å²) in [7, 11) is 0. The number of nitrogens with one attached hydrogen (secondary N) is 2. The van der Waals surface area contributed by atoms with Gasteiger partial charge in [0, 0.05) is 36.7 Å². The van der Waals surface area contributed by atoms with E-state index in [-0.39, 0.29) is 30.7 Å². The van der Waals surface area contributed by atoms with Gasteiger partial charge in [-0.25, -0.2) is 0 Å². The average Bonchev–Trinajstić information content (AvgIpc) is 3.68. The number of amides is 3. The van der Waals surface area contributed by atoms with Gasteiger partial charge in [0.1, 0.15) is 29.1 Å². The molecule has 1 aromatic heterocycles. The lowest BCUT2D eigenvalue weighted by Crippen LogP contribution is -2.45. The highest BCUT2D eigenvalue weighted by atomic mass is 16.5. The molecule has 43 heavy (non-hydrogen) atoms. The summed E-state index contributed by atoms with van der Waals surface area (Å²) < 4.78 is 23.3. The lowest BCUT2D eigenvalue weighted by molar-refractivity contribution is -0.130. The van der Waals surface area contributed by atoms with Gasteiger partial charge in [-0.1, -0.05) is 17.3 Å². The molecule has 4 bridgehead atoms. The van der Waals surface area contributed by atoms with Gasteiger partial charge in [0.25, 0.3) is 11.8 Å². The van der Waals surface area contributed by atoms with Crippen LogP contribution in [-0.4, -0.2) is 66.2 Å². The van der Waals surface area contributed by atoms with Crippen LogP contribution in [0.2, 0.25) is 0 Å². The average molecular weight is 589 g/mol. The third kappa shape index (κ3) is 7.10. The van der Waals surface area contributed by atoms with Gasteiger partial charge in [0.2, 0.25) is 5.91 Å². The number of aryl methyl sites for hydroxylation is 2. The van der Waals surface area contributed by atoms with E-state index in [0.717, 1.165) is 29.7 Å². The van der Waals surface area contributed by atoms with Crippen LogP contribution in [0.3, 0.4) is 0 Å². The summed E-state index contributed by atoms with van der Waals surface area (Å²) in [6.45, 7) is 5.02. The number of benzene rings is 2. The Hall–Kier alpha value is -4.54. The minimum atomic E-state index is -0.474. The molecule has 3 aliphatic heterocycles. The molecule has 1 aliphatic carbocycles. The third-order valence-electron chi connectivity index (χ3n) is 8.10. The number of fused-ring (bicyclic) bond motifs is 7. The van der Waals surface area contributed by atoms with Crippen molar-refractivity contribution in [3.05, 3.63) is 70.6 Å². The van der Waals surface area contributed by atoms with Crippen molar-refractivity contribution in [3.63, 3.8) is 0 Å². The van der Waals surface area contributed by atoms with E-state index >= 15 is 0 Å². The predicted molar refractivity (Wildman–Crippen MR) is 155 cm³/mol. The van der Waals surface area contributed by atoms with Crippen molar-refractivity contribution >= 4 is 17.7 Å². The van der Waals surface area contributed by atoms with Gasteiger partial charge < -0.3 is 34.3 Å². The Morgan fingerprint density at radius 3 is 2.63 bits per heavy atom. The normalized spacial score (nSPS) is 20.4. The molecule has 2 fully saturated rings. The van der Waals surface area contributed by atoms with Crippen LogP contribution in [0.1, 0.15) is 52.2 Å². The highest BCUT2D eigenvalue weighted by Crippen LogP contribution is 2.31. The Balaban J connectivity index is 1.23. The fraction of sp³-hybridized carbons (Fsp3) is 0.438. The second kappa shape index (κ2) is 12.4. The zero-order valence-corrected chi connectivity index (χ0v) is 24.4. The Morgan fingerprint density at radius 2 is 1.88 bits per heavy atom. The maximum Gasteiger partial charge on any atom is 0.258 e. The van der Waals surface area contributed by atoms with Crippen molar-refractivity contribution in [1.82, 2.24) is 20.7 Å². The van der Waals surface area contributed by atoms with Crippen LogP contribution in [0.5, 0.6) is 17.2 Å². The largest absolute Gasteiger partial charge is 0.493 e. The zero-order valence-electron chi connectivity index (χ0n) is 24.4. The number of likely N-dealkylation sites (tertiary alicyclic amines) is 1. The highest BCUT2D eigenvalue weighted by molar-refractivity contribution is 5.95. The maximum absolute atomic E-state index is 13.6. The SMILES string of the molecule is Cc1noc(C)c1CCC(=O)N1C[C@@H]2NC(=O)c3cc(cc(OCC4CC4)c3)OCC(=O)NCc3ccc(cc3)O[C@H]2C1. The summed E-state index contributed by atoms with van der Waals surface area (Å²) in [6.07, 6.45) is 2.59. The molecular weight excluding hydrogens is 552 g/mol. The highest BCUT2D eigenvalue weighted by Gasteiger charge is 2.38. The van der Waals surface area contributed by atoms with Crippen LogP contribution in [0.25, 0.3) is 0 Å². The summed E-state index contributed by atoms with van der Waals surface area (Å²) >= 11 is 0. The second-order valence-corrected chi connectivity index (χ2v) is 11.5. The van der Waals surface area contributed by atoms with Crippen LogP contribution < -0.4 is 24.8 Å². The van der Waals surface area contributed by atoms with Gasteiger partial charge in [-0.3, -0.25) is 14.4 Å². The van der Waals surface area contributed by atoms with Crippen LogP contribution in [0, 0.1) is 19.8 Å². The monoisotopic (exact) mass is 588 g/mol. The first-order valence-electron chi connectivity index (χ1n) is 14.7. The molecule has 1 saturated carbocycles. The number of hydrogen-bond acceptors (Lipinski definition) is 8. The first-order valence-corrected chi connectivity index (χ1v) is 14.7. The summed E-state index contributed by atoms with van der Waals surface area (Å²) in [5.74, 6) is 2.03. The second-order valence-electron chi connectivity index (χ2n) is 11.5. The Kier molecular flexibility index (Phi) is 8.22. The van der Waals surface area contributed by atoms with Gasteiger partial charge in [-0.05, 0) is 68.9 Å². The molecule has 7 rings (SSSR count). The lowest BCUT2D eigenvalue weighted by Gasteiger charge is -2.21. The Morgan fingerprint density at radius 1 is 1.07 bits per heavy atom. The summed E-state index contributed by atoms with van der Waals surface area (Å²) in [5, 5.41) is 9.92. The van der Waals surface area contributed by atoms with Crippen LogP contribution in [0.15, 0.2) is 47.0 Å². The molecule has 226 valence electrons. The standard InChI is InChI=1S/C32H36N4O7/c1-19-27(20(2)43-35-19)9-10-31(38)36-15-28-29(16-36)42-24-7-5-21(6-8-24)14-33-30(37)18-41-26-12-23(32(39)34-28)11-25(13-26)40-17-22-3-4-22/h5-8,11-13,22,28-29H,3-4,9-10,14-18H2,1-2H3,(H,33,37)(H,34,39)/t28-,29-/m0/s1. The van der Waals surface area contributed by atoms with Crippen molar-refractivity contribution in [2.75, 3.05) is 26.3 Å². The van der Waals surface area contributed by atoms with Gasteiger partial charge in [-0.2, -0.15) is 0 Å². The van der Waals surface area contributed by atoms with E-state index in [9.17, 15) is 14.4 Å². The van der Waals surface area contributed by atoms with E-state index in [4.69, 9.17) is 18.7 Å². The van der Waals surface area contributed by atoms with Crippen LogP contribution >= 0.6 is 0 Å². The topological polar surface area (TPSA) is 132 Å². The quantitative estimate of drug-likeness (QED) is 0.449. The Bertz CT molecular complexity index is 1480. The van der Waals surface area contributed by atoms with Crippen molar-refractivity contribution < 1.29 is 33.1 Å². The number of hydrogen-bond donors (Lipinski definition) is 2. The van der Waals surface area contributed by atoms with E-state index in [2.05, 4.69) is 15.8 Å². The molecule has 2 N–H and O–H groups in total. The molecule has 2 atom stereocenters. The summed E-state index contributed by atoms with van der Waals surface area (Å²) in [4.78, 5) is 41.1. The molecule has 0 spiro atoms. The molecule has 11 nitrogen and oxygen atoms in total. The van der Waals surface area contributed by atoms with E-state index in [1.54, 1.807) is 23.1 Å². The molecule has 4 heterocycles. The van der Waals surface area contributed by atoms with E-state index in [1.165, 1.54) is 0 Å². The minimum Gasteiger partial charge on any atom is -0.493 e. The van der Waals surface area contributed by atoms with Gasteiger partial charge in [-0.15, -0.1) is 0 Å². The van der Waals surface area contributed by atoms with Crippen molar-refractivity contribution in [3.8, 4) is 17.2 Å². The molecule has 3 aromatic rings. The number of ether oxygens (including phenoxy) is 3. The number of carbonyl (C=O) groups is 3. The number of carbonyl (C=O) groups excluding carboxylic acids is 3. The Labute approximate surface area is 249 Å². The number of rotatable bonds is 6. The molecule has 0 radical (unpaired) electrons. The zero-order chi connectivity index (χ0) is 29.9. The summed E-state index contributed by atoms with van der Waals surface area (Å²) in [5.41, 5.74) is 2.96. The van der Waals surface area contributed by atoms with Crippen LogP contribution in [-0.2, 0) is 22.6 Å². The molecule has 3 amide bonds. The third-order valence-corrected chi connectivity index (χ3v) is 8.10. The molecule has 4 aliphatic rings. The smallest absolute Gasteiger partial charge is 0.258 e. The van der Waals surface area contributed by atoms with Crippen LogP contribution in [0.4, 0.5) is 0 Å². The fourth-order valence-corrected chi connectivity index (χ4v) is 5.37. The van der Waals surface area contributed by atoms with Crippen molar-refractivity contribution in [1.29, 1.82) is 0 Å². The van der Waals surface area contributed by atoms with Gasteiger partial charge >= 0.3 is 0 Å². The number of aromatic nitrogens is 1. The van der Waals surface area contributed by atoms with E-state index < -0.39 is 12.1 Å². The predicted octanol–water partition coefficient (Wildman–Crippen LogP) is 3.11. The fourth-order valence-electron chi connectivity index (χ4n) is 5.37. The molecule has 11 heteroatoms. The first-order chi connectivity index (χ1) is 20.8. The van der Waals surface area contributed by atoms with E-state index in [0.29, 0.717) is 67.2 Å². The van der Waals surface area contributed by atoms with Gasteiger partial charge in [0.15, 0.2) is 6.61 Å². The number of nitrogens with zero attached hydrogens (tertiary/aromatic N) is 2. The minimum absolute atomic E-state index is 0.0373. The maximum atomic E-state index is 13.6. The van der Waals surface area contributed by atoms with Crippen molar-refractivity contribution in [2.45, 2.75) is 58.2 Å². The van der Waals surface area contributed by atoms with E-state index in [1.807, 2.05) is 38.1 Å². The molecular formula is C32H36N4O7. The lowest BCUT2D eigenvalue weighted by atomic mass is 10.1. The molecule has 0 unspecified atom stereocenters. The van der Waals surface area contributed by atoms with Gasteiger partial charge in [0.05, 0.1) is 24.9 Å². The molecule has 2 aromatic carbocycles. The van der Waals surface area contributed by atoms with Crippen molar-refractivity contribution in [2.24, 2.45) is 5.92 Å².